The number of fused-ring (bicyclic) bond motifs is 2. The summed E-state index contributed by atoms with van der Waals surface area (Å²) in [7, 11) is 2.03. The lowest BCUT2D eigenvalue weighted by atomic mass is 9.84. The smallest absolute Gasteiger partial charge is 0.346 e. The van der Waals surface area contributed by atoms with E-state index in [-0.39, 0.29) is 60.4 Å². The zero-order valence-electron chi connectivity index (χ0n) is 25.8. The summed E-state index contributed by atoms with van der Waals surface area (Å²) in [6.07, 6.45) is 6.16. The van der Waals surface area contributed by atoms with Gasteiger partial charge in [0.2, 0.25) is 0 Å². The third-order valence-electron chi connectivity index (χ3n) is 9.97. The van der Waals surface area contributed by atoms with E-state index in [1.54, 1.807) is 11.0 Å². The maximum absolute atomic E-state index is 17.0. The van der Waals surface area contributed by atoms with Crippen LogP contribution in [0.2, 0.25) is 5.02 Å². The number of anilines is 2. The molecular weight excluding hydrogens is 662 g/mol. The van der Waals surface area contributed by atoms with E-state index in [9.17, 15) is 14.4 Å². The van der Waals surface area contributed by atoms with Crippen molar-refractivity contribution in [3.05, 3.63) is 53.1 Å². The maximum atomic E-state index is 17.0. The first-order chi connectivity index (χ1) is 23.2. The molecule has 0 aliphatic carbocycles. The molecule has 0 saturated carbocycles. The first-order valence-corrected chi connectivity index (χ1v) is 16.7. The number of likely N-dealkylation sites (tertiary alicyclic amines) is 2. The van der Waals surface area contributed by atoms with Gasteiger partial charge >= 0.3 is 12.0 Å². The Morgan fingerprint density at radius 2 is 2.08 bits per heavy atom. The number of nitriles is 1. The summed E-state index contributed by atoms with van der Waals surface area (Å²) >= 11 is 7.78. The molecule has 12 nitrogen and oxygen atoms in total. The Morgan fingerprint density at radius 1 is 1.25 bits per heavy atom. The molecule has 2 N–H and O–H groups in total. The second-order valence-corrected chi connectivity index (χ2v) is 14.0. The van der Waals surface area contributed by atoms with Crippen LogP contribution >= 0.6 is 22.9 Å². The fourth-order valence-corrected chi connectivity index (χ4v) is 8.56. The van der Waals surface area contributed by atoms with E-state index in [1.165, 1.54) is 29.5 Å². The number of aromatic nitrogens is 5. The van der Waals surface area contributed by atoms with Crippen molar-refractivity contribution in [3.8, 4) is 23.2 Å². The van der Waals surface area contributed by atoms with E-state index in [0.29, 0.717) is 43.9 Å². The minimum atomic E-state index is -0.758. The third kappa shape index (κ3) is 4.73. The number of hydrogen-bond acceptors (Lipinski definition) is 11. The van der Waals surface area contributed by atoms with Crippen molar-refractivity contribution < 1.29 is 18.3 Å². The summed E-state index contributed by atoms with van der Waals surface area (Å²) in [5.41, 5.74) is 5.84. The fraction of sp³-hybridized carbons (Fsp3) is 0.375. The number of hydrogen-bond donors (Lipinski definition) is 1. The Hall–Kier alpha value is -4.65. The van der Waals surface area contributed by atoms with Crippen LogP contribution in [0, 0.1) is 23.0 Å². The molecular formula is C32H29ClF2N10O2S. The third-order valence-corrected chi connectivity index (χ3v) is 11.3. The van der Waals surface area contributed by atoms with Gasteiger partial charge in [0.1, 0.15) is 47.5 Å². The molecule has 1 spiro atoms. The second kappa shape index (κ2) is 11.5. The van der Waals surface area contributed by atoms with Crippen molar-refractivity contribution in [1.29, 1.82) is 5.26 Å². The molecule has 8 rings (SSSR count). The summed E-state index contributed by atoms with van der Waals surface area (Å²) < 4.78 is 39.3. The highest BCUT2D eigenvalue weighted by Crippen LogP contribution is 2.47. The molecule has 48 heavy (non-hydrogen) atoms. The van der Waals surface area contributed by atoms with E-state index in [0.717, 1.165) is 37.1 Å². The number of ether oxygens (including phenoxy) is 1. The molecule has 2 atom stereocenters. The van der Waals surface area contributed by atoms with Gasteiger partial charge in [0, 0.05) is 42.0 Å². The Balaban J connectivity index is 1.24. The standard InChI is InChI=1S/C32H29ClF2N10O2S/c1-42-8-2-3-17(42)13-47-30-40-26-19(29(41-30)43-9-6-32(14-43)7-10-44(32)31(46)45-16-38-15-39-45)11-21(33)24(25(26)35)18-4-5-22(34)27-23(18)20(12-36)28(37)48-27/h4-5,11,15-17H,2-3,6-10,13-14,37H2,1H3. The highest BCUT2D eigenvalue weighted by Gasteiger charge is 2.52. The molecule has 0 bridgehead atoms. The van der Waals surface area contributed by atoms with Gasteiger partial charge < -0.3 is 25.2 Å². The molecule has 1 amide bonds. The minimum absolute atomic E-state index is 0.0109. The zero-order chi connectivity index (χ0) is 33.3. The second-order valence-electron chi connectivity index (χ2n) is 12.5. The van der Waals surface area contributed by atoms with Crippen LogP contribution in [0.1, 0.15) is 31.2 Å². The monoisotopic (exact) mass is 690 g/mol. The average Bonchev–Trinajstić information content (AvgIpc) is 3.88. The molecule has 5 aromatic rings. The van der Waals surface area contributed by atoms with Crippen LogP contribution in [0.15, 0.2) is 30.9 Å². The van der Waals surface area contributed by atoms with Gasteiger partial charge in [0.25, 0.3) is 0 Å². The van der Waals surface area contributed by atoms with E-state index in [1.807, 2.05) is 18.0 Å². The lowest BCUT2D eigenvalue weighted by Crippen LogP contribution is -2.64. The molecule has 246 valence electrons. The van der Waals surface area contributed by atoms with Crippen LogP contribution in [-0.4, -0.2) is 92.0 Å². The number of nitrogen functional groups attached to an aromatic ring is 1. The van der Waals surface area contributed by atoms with Gasteiger partial charge in [-0.25, -0.2) is 18.6 Å². The lowest BCUT2D eigenvalue weighted by molar-refractivity contribution is 0.0400. The Morgan fingerprint density at radius 3 is 2.79 bits per heavy atom. The largest absolute Gasteiger partial charge is 0.462 e. The topological polar surface area (TPSA) is 142 Å². The maximum Gasteiger partial charge on any atom is 0.346 e. The van der Waals surface area contributed by atoms with Gasteiger partial charge in [0.15, 0.2) is 5.82 Å². The van der Waals surface area contributed by atoms with Crippen molar-refractivity contribution in [2.45, 2.75) is 37.3 Å². The lowest BCUT2D eigenvalue weighted by Gasteiger charge is -2.50. The molecule has 3 aliphatic rings. The number of likely N-dealkylation sites (N-methyl/N-ethyl adjacent to an activating group) is 1. The van der Waals surface area contributed by atoms with Crippen molar-refractivity contribution >= 4 is 60.8 Å². The van der Waals surface area contributed by atoms with Gasteiger partial charge in [-0.3, -0.25) is 0 Å². The number of nitrogens with zero attached hydrogens (tertiary/aromatic N) is 9. The van der Waals surface area contributed by atoms with Gasteiger partial charge in [-0.1, -0.05) is 17.7 Å². The normalized spacial score (nSPS) is 21.0. The number of amides is 1. The number of carbonyl (C=O) groups excluding carboxylic acids is 1. The first kappa shape index (κ1) is 30.7. The van der Waals surface area contributed by atoms with Crippen molar-refractivity contribution in [1.82, 2.24) is 34.5 Å². The number of thiophene rings is 1. The number of halogens is 3. The molecule has 3 saturated heterocycles. The molecule has 6 heterocycles. The van der Waals surface area contributed by atoms with Crippen LogP contribution in [0.4, 0.5) is 24.4 Å². The average molecular weight is 691 g/mol. The first-order valence-electron chi connectivity index (χ1n) is 15.5. The van der Waals surface area contributed by atoms with Crippen LogP contribution < -0.4 is 15.4 Å². The van der Waals surface area contributed by atoms with Crippen molar-refractivity contribution in [2.75, 3.05) is 50.5 Å². The molecule has 3 fully saturated rings. The number of nitrogens with two attached hydrogens (primary N) is 1. The van der Waals surface area contributed by atoms with Gasteiger partial charge in [-0.15, -0.1) is 11.3 Å². The van der Waals surface area contributed by atoms with Crippen LogP contribution in [0.5, 0.6) is 6.01 Å². The molecule has 2 aromatic carbocycles. The Kier molecular flexibility index (Phi) is 7.35. The van der Waals surface area contributed by atoms with E-state index < -0.39 is 17.2 Å². The van der Waals surface area contributed by atoms with E-state index in [2.05, 4.69) is 20.0 Å². The quantitative estimate of drug-likeness (QED) is 0.259. The van der Waals surface area contributed by atoms with E-state index >= 15 is 4.39 Å². The number of benzene rings is 2. The summed E-state index contributed by atoms with van der Waals surface area (Å²) in [5.74, 6) is -0.899. The predicted molar refractivity (Wildman–Crippen MR) is 177 cm³/mol. The summed E-state index contributed by atoms with van der Waals surface area (Å²) in [6.45, 7) is 2.85. The summed E-state index contributed by atoms with van der Waals surface area (Å²) in [4.78, 5) is 32.5. The van der Waals surface area contributed by atoms with Crippen LogP contribution in [0.25, 0.3) is 32.1 Å². The van der Waals surface area contributed by atoms with Crippen LogP contribution in [-0.2, 0) is 0 Å². The Bertz CT molecular complexity index is 2150. The molecule has 3 aliphatic heterocycles. The minimum Gasteiger partial charge on any atom is -0.462 e. The highest BCUT2D eigenvalue weighted by atomic mass is 35.5. The number of carbonyl (C=O) groups is 1. The molecule has 3 aromatic heterocycles. The van der Waals surface area contributed by atoms with Gasteiger partial charge in [-0.05, 0) is 57.0 Å². The summed E-state index contributed by atoms with van der Waals surface area (Å²) in [5, 5.41) is 14.6. The zero-order valence-corrected chi connectivity index (χ0v) is 27.4. The van der Waals surface area contributed by atoms with E-state index in [4.69, 9.17) is 27.1 Å². The summed E-state index contributed by atoms with van der Waals surface area (Å²) in [6, 6.07) is 6.16. The van der Waals surface area contributed by atoms with Crippen LogP contribution in [0.3, 0.4) is 0 Å². The van der Waals surface area contributed by atoms with Crippen molar-refractivity contribution in [3.63, 3.8) is 0 Å². The fourth-order valence-electron chi connectivity index (χ4n) is 7.31. The highest BCUT2D eigenvalue weighted by molar-refractivity contribution is 7.23. The number of rotatable bonds is 5. The Labute approximate surface area is 282 Å². The molecule has 0 radical (unpaired) electrons. The molecule has 2 unspecified atom stereocenters. The SMILES string of the molecule is CN1CCCC1COc1nc(N2CCC3(CCN3C(=O)n3cncn3)C2)c2cc(Cl)c(-c3ccc(F)c4sc(N)c(C#N)c34)c(F)c2n1. The van der Waals surface area contributed by atoms with Crippen molar-refractivity contribution in [2.24, 2.45) is 0 Å². The van der Waals surface area contributed by atoms with Gasteiger partial charge in [-0.2, -0.15) is 25.0 Å². The molecule has 16 heteroatoms. The van der Waals surface area contributed by atoms with Gasteiger partial charge in [0.05, 0.1) is 20.8 Å². The predicted octanol–water partition coefficient (Wildman–Crippen LogP) is 5.28.